The number of carbonyl (C=O) groups is 2. The maximum absolute atomic E-state index is 11.9. The highest BCUT2D eigenvalue weighted by Gasteiger charge is 2.18. The lowest BCUT2D eigenvalue weighted by Crippen LogP contribution is -2.46. The smallest absolute Gasteiger partial charge is 0.308 e. The van der Waals surface area contributed by atoms with E-state index in [0.29, 0.717) is 6.54 Å². The number of benzene rings is 1. The quantitative estimate of drug-likeness (QED) is 0.644. The molecule has 7 nitrogen and oxygen atoms in total. The largest absolute Gasteiger partial charge is 0.461 e. The normalized spacial score (nSPS) is 16.4. The molecule has 1 fully saturated rings. The Kier molecular flexibility index (Phi) is 7.67. The van der Waals surface area contributed by atoms with Gasteiger partial charge in [-0.25, -0.2) is 0 Å². The minimum absolute atomic E-state index is 0.129. The molecule has 24 heavy (non-hydrogen) atoms. The summed E-state index contributed by atoms with van der Waals surface area (Å²) in [5, 5.41) is 2.75. The number of morpholine rings is 1. The fraction of sp³-hybridized carbons (Fsp3) is 0.529. The Hall–Kier alpha value is -1.96. The third-order valence-corrected chi connectivity index (χ3v) is 3.80. The van der Waals surface area contributed by atoms with Gasteiger partial charge in [0, 0.05) is 26.2 Å². The van der Waals surface area contributed by atoms with Crippen LogP contribution in [0.15, 0.2) is 30.3 Å². The van der Waals surface area contributed by atoms with Crippen LogP contribution in [0.2, 0.25) is 0 Å². The topological polar surface area (TPSA) is 93.9 Å². The Morgan fingerprint density at radius 2 is 1.96 bits per heavy atom. The number of esters is 1. The molecule has 1 atom stereocenters. The summed E-state index contributed by atoms with van der Waals surface area (Å²) < 4.78 is 10.4. The number of nitrogens with two attached hydrogens (primary N) is 1. The molecule has 0 unspecified atom stereocenters. The highest BCUT2D eigenvalue weighted by atomic mass is 16.5. The zero-order valence-electron chi connectivity index (χ0n) is 13.8. The van der Waals surface area contributed by atoms with E-state index in [1.165, 1.54) is 0 Å². The van der Waals surface area contributed by atoms with Crippen LogP contribution >= 0.6 is 0 Å². The van der Waals surface area contributed by atoms with Gasteiger partial charge in [0.05, 0.1) is 25.7 Å². The van der Waals surface area contributed by atoms with E-state index in [4.69, 9.17) is 15.2 Å². The van der Waals surface area contributed by atoms with Crippen LogP contribution < -0.4 is 11.1 Å². The summed E-state index contributed by atoms with van der Waals surface area (Å²) >= 11 is 0. The maximum atomic E-state index is 11.9. The zero-order chi connectivity index (χ0) is 17.2. The first-order chi connectivity index (χ1) is 11.6. The third-order valence-electron chi connectivity index (χ3n) is 3.80. The second-order valence-corrected chi connectivity index (χ2v) is 5.70. The van der Waals surface area contributed by atoms with Crippen LogP contribution in [0.4, 0.5) is 0 Å². The highest BCUT2D eigenvalue weighted by Crippen LogP contribution is 2.02. The van der Waals surface area contributed by atoms with Gasteiger partial charge in [0.2, 0.25) is 5.91 Å². The first-order valence-corrected chi connectivity index (χ1v) is 8.18. The second-order valence-electron chi connectivity index (χ2n) is 5.70. The molecule has 1 heterocycles. The van der Waals surface area contributed by atoms with Gasteiger partial charge in [0.1, 0.15) is 6.61 Å². The van der Waals surface area contributed by atoms with Crippen molar-refractivity contribution < 1.29 is 19.1 Å². The van der Waals surface area contributed by atoms with E-state index in [0.717, 1.165) is 38.4 Å². The summed E-state index contributed by atoms with van der Waals surface area (Å²) in [4.78, 5) is 25.9. The monoisotopic (exact) mass is 335 g/mol. The van der Waals surface area contributed by atoms with Gasteiger partial charge in [-0.15, -0.1) is 0 Å². The van der Waals surface area contributed by atoms with E-state index in [-0.39, 0.29) is 18.9 Å². The van der Waals surface area contributed by atoms with E-state index in [1.807, 2.05) is 30.3 Å². The zero-order valence-corrected chi connectivity index (χ0v) is 13.8. The Morgan fingerprint density at radius 3 is 2.67 bits per heavy atom. The molecule has 0 aromatic heterocycles. The number of hydrogen-bond acceptors (Lipinski definition) is 6. The fourth-order valence-electron chi connectivity index (χ4n) is 2.36. The van der Waals surface area contributed by atoms with Crippen LogP contribution in [-0.2, 0) is 25.7 Å². The van der Waals surface area contributed by atoms with Crippen molar-refractivity contribution >= 4 is 11.9 Å². The maximum Gasteiger partial charge on any atom is 0.308 e. The van der Waals surface area contributed by atoms with Crippen molar-refractivity contribution in [1.82, 2.24) is 10.2 Å². The van der Waals surface area contributed by atoms with Gasteiger partial charge in [-0.05, 0) is 5.56 Å². The molecule has 7 heteroatoms. The summed E-state index contributed by atoms with van der Waals surface area (Å²) in [6.07, 6.45) is -0.129. The van der Waals surface area contributed by atoms with Gasteiger partial charge in [-0.1, -0.05) is 30.3 Å². The molecular formula is C17H25N3O4. The standard InChI is InChI=1S/C17H25N3O4/c18-15(12-16(21)24-13-14-4-2-1-3-5-14)17(22)19-6-7-20-8-10-23-11-9-20/h1-5,15H,6-13,18H2,(H,19,22)/t15-/m0/s1. The lowest BCUT2D eigenvalue weighted by atomic mass is 10.2. The lowest BCUT2D eigenvalue weighted by molar-refractivity contribution is -0.146. The molecule has 0 radical (unpaired) electrons. The fourth-order valence-corrected chi connectivity index (χ4v) is 2.36. The number of nitrogens with one attached hydrogen (secondary N) is 1. The number of rotatable bonds is 8. The van der Waals surface area contributed by atoms with Crippen LogP contribution in [0.3, 0.4) is 0 Å². The summed E-state index contributed by atoms with van der Waals surface area (Å²) in [5.41, 5.74) is 6.66. The van der Waals surface area contributed by atoms with Crippen LogP contribution in [0.1, 0.15) is 12.0 Å². The van der Waals surface area contributed by atoms with Crippen molar-refractivity contribution in [1.29, 1.82) is 0 Å². The molecule has 0 saturated carbocycles. The molecule has 132 valence electrons. The van der Waals surface area contributed by atoms with Crippen molar-refractivity contribution in [3.05, 3.63) is 35.9 Å². The molecule has 1 amide bonds. The van der Waals surface area contributed by atoms with Crippen molar-refractivity contribution in [2.45, 2.75) is 19.1 Å². The van der Waals surface area contributed by atoms with E-state index in [9.17, 15) is 9.59 Å². The van der Waals surface area contributed by atoms with Crippen molar-refractivity contribution in [3.63, 3.8) is 0 Å². The molecule has 2 rings (SSSR count). The summed E-state index contributed by atoms with van der Waals surface area (Å²) in [6, 6.07) is 8.48. The van der Waals surface area contributed by atoms with Crippen LogP contribution in [-0.4, -0.2) is 62.2 Å². The molecule has 3 N–H and O–H groups in total. The van der Waals surface area contributed by atoms with Gasteiger partial charge in [0.25, 0.3) is 0 Å². The number of hydrogen-bond donors (Lipinski definition) is 2. The van der Waals surface area contributed by atoms with E-state index in [2.05, 4.69) is 10.2 Å². The second kappa shape index (κ2) is 10.0. The molecule has 1 aromatic rings. The molecule has 0 bridgehead atoms. The highest BCUT2D eigenvalue weighted by molar-refractivity contribution is 5.86. The number of amides is 1. The van der Waals surface area contributed by atoms with Crippen molar-refractivity contribution in [2.75, 3.05) is 39.4 Å². The predicted molar refractivity (Wildman–Crippen MR) is 89.1 cm³/mol. The SMILES string of the molecule is N[C@@H](CC(=O)OCc1ccccc1)C(=O)NCCN1CCOCC1. The molecule has 1 saturated heterocycles. The third kappa shape index (κ3) is 6.66. The summed E-state index contributed by atoms with van der Waals surface area (Å²) in [7, 11) is 0. The van der Waals surface area contributed by atoms with E-state index >= 15 is 0 Å². The first kappa shape index (κ1) is 18.4. The molecule has 1 aliphatic heterocycles. The minimum atomic E-state index is -0.891. The van der Waals surface area contributed by atoms with Crippen LogP contribution in [0.5, 0.6) is 0 Å². The van der Waals surface area contributed by atoms with E-state index in [1.54, 1.807) is 0 Å². The van der Waals surface area contributed by atoms with Crippen molar-refractivity contribution in [3.8, 4) is 0 Å². The van der Waals surface area contributed by atoms with Gasteiger partial charge < -0.3 is 20.5 Å². The van der Waals surface area contributed by atoms with Gasteiger partial charge >= 0.3 is 5.97 Å². The molecule has 0 spiro atoms. The van der Waals surface area contributed by atoms with Crippen LogP contribution in [0.25, 0.3) is 0 Å². The average molecular weight is 335 g/mol. The molecule has 0 aliphatic carbocycles. The Labute approximate surface area is 142 Å². The van der Waals surface area contributed by atoms with Gasteiger partial charge in [-0.3, -0.25) is 14.5 Å². The Bertz CT molecular complexity index is 518. The summed E-state index contributed by atoms with van der Waals surface area (Å²) in [6.45, 7) is 4.62. The molecule has 1 aliphatic rings. The molecule has 1 aromatic carbocycles. The summed E-state index contributed by atoms with van der Waals surface area (Å²) in [5.74, 6) is -0.811. The van der Waals surface area contributed by atoms with Gasteiger partial charge in [0.15, 0.2) is 0 Å². The number of nitrogens with zero attached hydrogens (tertiary/aromatic N) is 1. The van der Waals surface area contributed by atoms with Crippen molar-refractivity contribution in [2.24, 2.45) is 5.73 Å². The Balaban J connectivity index is 1.60. The average Bonchev–Trinajstić information content (AvgIpc) is 2.61. The van der Waals surface area contributed by atoms with Crippen LogP contribution in [0, 0.1) is 0 Å². The number of carbonyl (C=O) groups excluding carboxylic acids is 2. The minimum Gasteiger partial charge on any atom is -0.461 e. The molecular weight excluding hydrogens is 310 g/mol. The first-order valence-electron chi connectivity index (χ1n) is 8.18. The lowest BCUT2D eigenvalue weighted by Gasteiger charge is -2.26. The Morgan fingerprint density at radius 1 is 1.25 bits per heavy atom. The number of ether oxygens (including phenoxy) is 2. The van der Waals surface area contributed by atoms with Gasteiger partial charge in [-0.2, -0.15) is 0 Å². The van der Waals surface area contributed by atoms with E-state index < -0.39 is 12.0 Å². The predicted octanol–water partition coefficient (Wildman–Crippen LogP) is -0.104.